The fourth-order valence-corrected chi connectivity index (χ4v) is 4.88. The predicted octanol–water partition coefficient (Wildman–Crippen LogP) is 2.89. The molecule has 3 aromatic rings. The molecule has 1 aliphatic carbocycles. The first-order chi connectivity index (χ1) is 15.0. The summed E-state index contributed by atoms with van der Waals surface area (Å²) >= 11 is 0. The maximum absolute atomic E-state index is 13.4. The highest BCUT2D eigenvalue weighted by Crippen LogP contribution is 2.44. The van der Waals surface area contributed by atoms with Crippen LogP contribution in [0.25, 0.3) is 10.8 Å². The van der Waals surface area contributed by atoms with Gasteiger partial charge in [-0.3, -0.25) is 19.3 Å². The number of carbonyl (C=O) groups excluding carboxylic acids is 3. The first-order valence-electron chi connectivity index (χ1n) is 10.3. The Balaban J connectivity index is 1.48. The number of amides is 2. The number of ether oxygens (including phenoxy) is 1. The number of Topliss-reactive ketones (excluding diaryl/α,β-unsaturated/α-hetero) is 1. The van der Waals surface area contributed by atoms with Crippen molar-refractivity contribution in [2.45, 2.75) is 25.3 Å². The molecule has 1 fully saturated rings. The zero-order valence-electron chi connectivity index (χ0n) is 17.1. The summed E-state index contributed by atoms with van der Waals surface area (Å²) in [5, 5.41) is 1.67. The number of nitrogens with zero attached hydrogens (tertiary/aromatic N) is 1. The molecule has 2 radical (unpaired) electrons. The van der Waals surface area contributed by atoms with Gasteiger partial charge in [0.25, 0.3) is 0 Å². The summed E-state index contributed by atoms with van der Waals surface area (Å²) in [6.45, 7) is 0.184. The molecule has 1 heterocycles. The Hall–Kier alpha value is -3.41. The fraction of sp³-hybridized carbons (Fsp3) is 0.240. The summed E-state index contributed by atoms with van der Waals surface area (Å²) in [4.78, 5) is 40.7. The van der Waals surface area contributed by atoms with Gasteiger partial charge in [-0.2, -0.15) is 0 Å². The van der Waals surface area contributed by atoms with Crippen LogP contribution in [0.4, 0.5) is 0 Å². The van der Waals surface area contributed by atoms with Crippen molar-refractivity contribution < 1.29 is 19.1 Å². The van der Waals surface area contributed by atoms with Crippen LogP contribution in [0, 0.1) is 5.92 Å². The molecular formula is C25H20BNO4. The van der Waals surface area contributed by atoms with Crippen LogP contribution >= 0.6 is 0 Å². The quantitative estimate of drug-likeness (QED) is 0.491. The van der Waals surface area contributed by atoms with Crippen molar-refractivity contribution in [2.24, 2.45) is 5.92 Å². The van der Waals surface area contributed by atoms with Gasteiger partial charge < -0.3 is 4.74 Å². The molecule has 2 unspecified atom stereocenters. The number of ketones is 1. The van der Waals surface area contributed by atoms with Gasteiger partial charge in [0.2, 0.25) is 11.8 Å². The summed E-state index contributed by atoms with van der Waals surface area (Å²) in [6.07, 6.45) is 0.609. The third-order valence-corrected chi connectivity index (χ3v) is 6.45. The van der Waals surface area contributed by atoms with E-state index in [9.17, 15) is 14.4 Å². The van der Waals surface area contributed by atoms with Gasteiger partial charge in [0.05, 0.1) is 25.5 Å². The predicted molar refractivity (Wildman–Crippen MR) is 118 cm³/mol. The lowest BCUT2D eigenvalue weighted by atomic mass is 9.79. The third kappa shape index (κ3) is 3.05. The molecule has 2 aliphatic rings. The van der Waals surface area contributed by atoms with Crippen LogP contribution in [-0.2, 0) is 16.1 Å². The topological polar surface area (TPSA) is 63.7 Å². The van der Waals surface area contributed by atoms with Gasteiger partial charge in [-0.1, -0.05) is 47.9 Å². The van der Waals surface area contributed by atoms with E-state index < -0.39 is 11.8 Å². The maximum Gasteiger partial charge on any atom is 0.233 e. The second kappa shape index (κ2) is 7.38. The van der Waals surface area contributed by atoms with Gasteiger partial charge in [-0.05, 0) is 40.5 Å². The van der Waals surface area contributed by atoms with Crippen LogP contribution in [0.3, 0.4) is 0 Å². The molecule has 2 amide bonds. The molecule has 0 N–H and O–H groups in total. The van der Waals surface area contributed by atoms with Gasteiger partial charge >= 0.3 is 0 Å². The van der Waals surface area contributed by atoms with Gasteiger partial charge in [0.1, 0.15) is 13.6 Å². The van der Waals surface area contributed by atoms with Crippen molar-refractivity contribution in [3.8, 4) is 5.75 Å². The number of hydrogen-bond acceptors (Lipinski definition) is 4. The highest BCUT2D eigenvalue weighted by molar-refractivity contribution is 6.40. The lowest BCUT2D eigenvalue weighted by Crippen LogP contribution is -2.47. The largest absolute Gasteiger partial charge is 0.497 e. The van der Waals surface area contributed by atoms with Crippen molar-refractivity contribution in [1.29, 1.82) is 0 Å². The van der Waals surface area contributed by atoms with E-state index in [2.05, 4.69) is 0 Å². The molecule has 152 valence electrons. The van der Waals surface area contributed by atoms with Crippen molar-refractivity contribution in [3.63, 3.8) is 0 Å². The molecule has 0 aromatic heterocycles. The lowest BCUT2D eigenvalue weighted by Gasteiger charge is -2.33. The van der Waals surface area contributed by atoms with E-state index in [0.717, 1.165) is 21.9 Å². The Morgan fingerprint density at radius 1 is 1.03 bits per heavy atom. The number of methoxy groups -OCH3 is 1. The molecule has 0 saturated carbocycles. The van der Waals surface area contributed by atoms with Crippen LogP contribution in [0.1, 0.15) is 40.2 Å². The summed E-state index contributed by atoms with van der Waals surface area (Å²) in [5.74, 6) is -1.00. The highest BCUT2D eigenvalue weighted by Gasteiger charge is 2.46. The number of imide groups is 1. The van der Waals surface area contributed by atoms with E-state index in [1.165, 1.54) is 4.90 Å². The van der Waals surface area contributed by atoms with E-state index in [1.807, 2.05) is 30.3 Å². The molecule has 31 heavy (non-hydrogen) atoms. The van der Waals surface area contributed by atoms with E-state index in [1.54, 1.807) is 31.4 Å². The minimum Gasteiger partial charge on any atom is -0.497 e. The molecule has 1 aliphatic heterocycles. The maximum atomic E-state index is 13.4. The second-order valence-electron chi connectivity index (χ2n) is 8.13. The van der Waals surface area contributed by atoms with Crippen LogP contribution in [0.15, 0.2) is 54.6 Å². The SMILES string of the molecule is [B]c1ccc2c3c(cccc13)C(C1CCC(=O)N(Cc3ccc(OC)cc3)C1=O)C2=O. The van der Waals surface area contributed by atoms with Crippen molar-refractivity contribution in [2.75, 3.05) is 7.11 Å². The monoisotopic (exact) mass is 409 g/mol. The van der Waals surface area contributed by atoms with E-state index in [4.69, 9.17) is 12.6 Å². The number of rotatable bonds is 4. The first-order valence-corrected chi connectivity index (χ1v) is 10.3. The molecule has 3 aromatic carbocycles. The zero-order valence-corrected chi connectivity index (χ0v) is 17.1. The Bertz CT molecular complexity index is 1230. The Labute approximate surface area is 181 Å². The summed E-state index contributed by atoms with van der Waals surface area (Å²) in [6, 6.07) is 16.4. The highest BCUT2D eigenvalue weighted by atomic mass is 16.5. The van der Waals surface area contributed by atoms with Crippen molar-refractivity contribution in [3.05, 3.63) is 71.3 Å². The average Bonchev–Trinajstić information content (AvgIpc) is 3.07. The molecule has 5 nitrogen and oxygen atoms in total. The number of piperidine rings is 1. The van der Waals surface area contributed by atoms with Crippen LogP contribution < -0.4 is 10.2 Å². The van der Waals surface area contributed by atoms with E-state index in [0.29, 0.717) is 23.2 Å². The molecule has 5 rings (SSSR count). The Morgan fingerprint density at radius 3 is 2.55 bits per heavy atom. The second-order valence-corrected chi connectivity index (χ2v) is 8.13. The molecule has 2 atom stereocenters. The normalized spacial score (nSPS) is 20.5. The standard InChI is InChI=1S/C25H20BNO4/c1-31-15-7-5-14(6-8-15)13-27-21(28)12-10-19(25(27)30)23-17-4-2-3-16-20(26)11-9-18(22(16)17)24(23)29/h2-9,11,19,23H,10,12-13H2,1H3. The molecular weight excluding hydrogens is 389 g/mol. The summed E-state index contributed by atoms with van der Waals surface area (Å²) < 4.78 is 5.17. The number of hydrogen-bond donors (Lipinski definition) is 0. The van der Waals surface area contributed by atoms with Gasteiger partial charge in [0.15, 0.2) is 5.78 Å². The summed E-state index contributed by atoms with van der Waals surface area (Å²) in [7, 11) is 7.71. The molecule has 1 saturated heterocycles. The lowest BCUT2D eigenvalue weighted by molar-refractivity contribution is -0.152. The number of benzene rings is 3. The minimum atomic E-state index is -0.584. The van der Waals surface area contributed by atoms with Crippen LogP contribution in [0.5, 0.6) is 5.75 Å². The van der Waals surface area contributed by atoms with Crippen LogP contribution in [0.2, 0.25) is 0 Å². The Morgan fingerprint density at radius 2 is 1.81 bits per heavy atom. The van der Waals surface area contributed by atoms with Gasteiger partial charge in [-0.25, -0.2) is 0 Å². The fourth-order valence-electron chi connectivity index (χ4n) is 4.88. The van der Waals surface area contributed by atoms with Crippen LogP contribution in [-0.4, -0.2) is 37.5 Å². The number of likely N-dealkylation sites (tertiary alicyclic amines) is 1. The molecule has 0 spiro atoms. The van der Waals surface area contributed by atoms with Gasteiger partial charge in [-0.15, -0.1) is 0 Å². The van der Waals surface area contributed by atoms with Gasteiger partial charge in [0, 0.05) is 12.0 Å². The first kappa shape index (κ1) is 19.6. The smallest absolute Gasteiger partial charge is 0.233 e. The third-order valence-electron chi connectivity index (χ3n) is 6.45. The van der Waals surface area contributed by atoms with E-state index in [-0.39, 0.29) is 30.6 Å². The minimum absolute atomic E-state index is 0.0664. The zero-order chi connectivity index (χ0) is 21.7. The molecule has 0 bridgehead atoms. The van der Waals surface area contributed by atoms with Crippen molar-refractivity contribution >= 4 is 41.7 Å². The Kier molecular flexibility index (Phi) is 4.65. The summed E-state index contributed by atoms with van der Waals surface area (Å²) in [5.41, 5.74) is 2.89. The van der Waals surface area contributed by atoms with Crippen molar-refractivity contribution in [1.82, 2.24) is 4.90 Å². The number of carbonyl (C=O) groups is 3. The van der Waals surface area contributed by atoms with E-state index >= 15 is 0 Å². The molecule has 6 heteroatoms. The average molecular weight is 409 g/mol.